The summed E-state index contributed by atoms with van der Waals surface area (Å²) in [5, 5.41) is 13.4. The molecule has 2 aromatic rings. The van der Waals surface area contributed by atoms with Crippen LogP contribution in [-0.2, 0) is 14.3 Å². The predicted molar refractivity (Wildman–Crippen MR) is 99.2 cm³/mol. The molecule has 2 rings (SSSR count). The second-order valence-corrected chi connectivity index (χ2v) is 6.55. The minimum absolute atomic E-state index is 0.0854. The van der Waals surface area contributed by atoms with Crippen LogP contribution in [0.2, 0.25) is 0 Å². The SMILES string of the molecule is Cc1ccc(NC(=O)COC(=O)CCSc2ccccc2)cc1[N+](=O)[O-]. The third-order valence-corrected chi connectivity index (χ3v) is 4.39. The summed E-state index contributed by atoms with van der Waals surface area (Å²) in [7, 11) is 0. The first-order chi connectivity index (χ1) is 12.5. The largest absolute Gasteiger partial charge is 0.456 e. The molecule has 0 radical (unpaired) electrons. The van der Waals surface area contributed by atoms with Gasteiger partial charge in [-0.2, -0.15) is 0 Å². The van der Waals surface area contributed by atoms with Crippen molar-refractivity contribution in [3.05, 3.63) is 64.2 Å². The Kier molecular flexibility index (Phi) is 7.16. The lowest BCUT2D eigenvalue weighted by Gasteiger charge is -2.07. The highest BCUT2D eigenvalue weighted by atomic mass is 32.2. The molecule has 8 heteroatoms. The van der Waals surface area contributed by atoms with Crippen molar-refractivity contribution in [1.29, 1.82) is 0 Å². The van der Waals surface area contributed by atoms with Crippen LogP contribution in [-0.4, -0.2) is 29.2 Å². The van der Waals surface area contributed by atoms with Gasteiger partial charge in [-0.3, -0.25) is 19.7 Å². The first-order valence-corrected chi connectivity index (χ1v) is 8.82. The van der Waals surface area contributed by atoms with Crippen LogP contribution in [0.3, 0.4) is 0 Å². The van der Waals surface area contributed by atoms with Crippen LogP contribution in [0.4, 0.5) is 11.4 Å². The fraction of sp³-hybridized carbons (Fsp3) is 0.222. The molecule has 0 heterocycles. The number of ether oxygens (including phenoxy) is 1. The summed E-state index contributed by atoms with van der Waals surface area (Å²) in [4.78, 5) is 34.9. The van der Waals surface area contributed by atoms with Crippen LogP contribution >= 0.6 is 11.8 Å². The number of hydrogen-bond acceptors (Lipinski definition) is 6. The maximum absolute atomic E-state index is 11.8. The van der Waals surface area contributed by atoms with Gasteiger partial charge in [-0.25, -0.2) is 0 Å². The molecule has 0 unspecified atom stereocenters. The number of aryl methyl sites for hydroxylation is 1. The van der Waals surface area contributed by atoms with Crippen molar-refractivity contribution in [1.82, 2.24) is 0 Å². The van der Waals surface area contributed by atoms with Crippen molar-refractivity contribution in [3.63, 3.8) is 0 Å². The number of nitrogens with one attached hydrogen (secondary N) is 1. The fourth-order valence-electron chi connectivity index (χ4n) is 2.07. The number of esters is 1. The van der Waals surface area contributed by atoms with Gasteiger partial charge >= 0.3 is 5.97 Å². The van der Waals surface area contributed by atoms with E-state index in [0.717, 1.165) is 4.90 Å². The molecule has 0 aliphatic carbocycles. The van der Waals surface area contributed by atoms with Gasteiger partial charge in [0.25, 0.3) is 11.6 Å². The zero-order valence-corrected chi connectivity index (χ0v) is 15.0. The summed E-state index contributed by atoms with van der Waals surface area (Å²) in [6.07, 6.45) is 0.183. The number of amides is 1. The van der Waals surface area contributed by atoms with Crippen LogP contribution in [0, 0.1) is 17.0 Å². The van der Waals surface area contributed by atoms with Crippen molar-refractivity contribution in [2.24, 2.45) is 0 Å². The number of thioether (sulfide) groups is 1. The van der Waals surface area contributed by atoms with Gasteiger partial charge in [-0.1, -0.05) is 24.3 Å². The maximum Gasteiger partial charge on any atom is 0.307 e. The molecule has 0 bridgehead atoms. The zero-order chi connectivity index (χ0) is 18.9. The number of nitro benzene ring substituents is 1. The Morgan fingerprint density at radius 3 is 2.62 bits per heavy atom. The van der Waals surface area contributed by atoms with Crippen LogP contribution in [0.15, 0.2) is 53.4 Å². The van der Waals surface area contributed by atoms with E-state index in [1.54, 1.807) is 19.1 Å². The highest BCUT2D eigenvalue weighted by Crippen LogP contribution is 2.22. The second kappa shape index (κ2) is 9.57. The predicted octanol–water partition coefficient (Wildman–Crippen LogP) is 3.57. The smallest absolute Gasteiger partial charge is 0.307 e. The molecule has 0 saturated carbocycles. The van der Waals surface area contributed by atoms with Crippen LogP contribution < -0.4 is 5.32 Å². The van der Waals surface area contributed by atoms with Crippen LogP contribution in [0.1, 0.15) is 12.0 Å². The molecule has 136 valence electrons. The van der Waals surface area contributed by atoms with Crippen molar-refractivity contribution < 1.29 is 19.2 Å². The summed E-state index contributed by atoms with van der Waals surface area (Å²) in [6, 6.07) is 14.0. The lowest BCUT2D eigenvalue weighted by atomic mass is 10.2. The summed E-state index contributed by atoms with van der Waals surface area (Å²) in [6.45, 7) is 1.18. The standard InChI is InChI=1S/C18H18N2O5S/c1-13-7-8-14(11-16(13)20(23)24)19-17(21)12-25-18(22)9-10-26-15-5-3-2-4-6-15/h2-8,11H,9-10,12H2,1H3,(H,19,21). The quantitative estimate of drug-likeness (QED) is 0.328. The first-order valence-electron chi connectivity index (χ1n) is 7.84. The normalized spacial score (nSPS) is 10.2. The van der Waals surface area contributed by atoms with Crippen molar-refractivity contribution in [2.45, 2.75) is 18.2 Å². The van der Waals surface area contributed by atoms with E-state index in [0.29, 0.717) is 11.3 Å². The molecule has 0 atom stereocenters. The van der Waals surface area contributed by atoms with E-state index in [9.17, 15) is 19.7 Å². The van der Waals surface area contributed by atoms with Gasteiger partial charge in [0, 0.05) is 28.0 Å². The Morgan fingerprint density at radius 2 is 1.92 bits per heavy atom. The number of nitrogens with zero attached hydrogens (tertiary/aromatic N) is 1. The first kappa shape index (κ1) is 19.5. The van der Waals surface area contributed by atoms with Gasteiger partial charge in [-0.15, -0.1) is 11.8 Å². The molecular formula is C18H18N2O5S. The zero-order valence-electron chi connectivity index (χ0n) is 14.1. The summed E-state index contributed by atoms with van der Waals surface area (Å²) in [5.41, 5.74) is 0.691. The molecule has 0 aliphatic heterocycles. The van der Waals surface area contributed by atoms with Gasteiger partial charge < -0.3 is 10.1 Å². The fourth-order valence-corrected chi connectivity index (χ4v) is 2.92. The number of carbonyl (C=O) groups excluding carboxylic acids is 2. The molecule has 0 aromatic heterocycles. The third kappa shape index (κ3) is 6.21. The van der Waals surface area contributed by atoms with Gasteiger partial charge in [0.1, 0.15) is 0 Å². The Labute approximate surface area is 154 Å². The molecule has 2 aromatic carbocycles. The molecule has 1 amide bonds. The highest BCUT2D eigenvalue weighted by molar-refractivity contribution is 7.99. The summed E-state index contributed by atoms with van der Waals surface area (Å²) < 4.78 is 4.92. The van der Waals surface area contributed by atoms with E-state index in [1.165, 1.54) is 17.8 Å². The Morgan fingerprint density at radius 1 is 1.19 bits per heavy atom. The molecule has 0 spiro atoms. The van der Waals surface area contributed by atoms with E-state index in [2.05, 4.69) is 5.32 Å². The number of rotatable bonds is 8. The van der Waals surface area contributed by atoms with Gasteiger partial charge in [0.05, 0.1) is 11.3 Å². The molecule has 1 N–H and O–H groups in total. The Balaban J connectivity index is 1.73. The number of carbonyl (C=O) groups is 2. The van der Waals surface area contributed by atoms with Crippen molar-refractivity contribution in [3.8, 4) is 0 Å². The topological polar surface area (TPSA) is 98.5 Å². The van der Waals surface area contributed by atoms with Gasteiger partial charge in [-0.05, 0) is 25.1 Å². The number of hydrogen-bond donors (Lipinski definition) is 1. The van der Waals surface area contributed by atoms with Crippen LogP contribution in [0.25, 0.3) is 0 Å². The maximum atomic E-state index is 11.8. The van der Waals surface area contributed by atoms with E-state index in [4.69, 9.17) is 4.74 Å². The van der Waals surface area contributed by atoms with E-state index < -0.39 is 23.4 Å². The molecule has 0 fully saturated rings. The number of benzene rings is 2. The monoisotopic (exact) mass is 374 g/mol. The minimum Gasteiger partial charge on any atom is -0.456 e. The molecule has 0 aliphatic rings. The molecular weight excluding hydrogens is 356 g/mol. The molecule has 26 heavy (non-hydrogen) atoms. The number of anilines is 1. The average Bonchev–Trinajstić information content (AvgIpc) is 2.62. The molecule has 0 saturated heterocycles. The van der Waals surface area contributed by atoms with E-state index >= 15 is 0 Å². The van der Waals surface area contributed by atoms with Crippen molar-refractivity contribution in [2.75, 3.05) is 17.7 Å². The summed E-state index contributed by atoms with van der Waals surface area (Å²) >= 11 is 1.53. The lowest BCUT2D eigenvalue weighted by molar-refractivity contribution is -0.385. The lowest BCUT2D eigenvalue weighted by Crippen LogP contribution is -2.21. The second-order valence-electron chi connectivity index (χ2n) is 5.38. The minimum atomic E-state index is -0.549. The Bertz CT molecular complexity index is 795. The van der Waals surface area contributed by atoms with Crippen molar-refractivity contribution >= 4 is 35.0 Å². The number of nitro groups is 1. The van der Waals surface area contributed by atoms with Gasteiger partial charge in [0.15, 0.2) is 6.61 Å². The van der Waals surface area contributed by atoms with Crippen LogP contribution in [0.5, 0.6) is 0 Å². The molecule has 7 nitrogen and oxygen atoms in total. The van der Waals surface area contributed by atoms with E-state index in [-0.39, 0.29) is 17.8 Å². The summed E-state index contributed by atoms with van der Waals surface area (Å²) in [5.74, 6) is -0.472. The third-order valence-electron chi connectivity index (χ3n) is 3.37. The highest BCUT2D eigenvalue weighted by Gasteiger charge is 2.13. The van der Waals surface area contributed by atoms with E-state index in [1.807, 2.05) is 30.3 Å². The Hall–Kier alpha value is -2.87. The van der Waals surface area contributed by atoms with Gasteiger partial charge in [0.2, 0.25) is 0 Å². The average molecular weight is 374 g/mol.